The number of benzene rings is 2. The maximum atomic E-state index is 12.6. The second-order valence-corrected chi connectivity index (χ2v) is 6.26. The van der Waals surface area contributed by atoms with Crippen LogP contribution in [0.3, 0.4) is 0 Å². The van der Waals surface area contributed by atoms with Gasteiger partial charge in [-0.05, 0) is 24.3 Å². The van der Waals surface area contributed by atoms with Crippen LogP contribution in [-0.4, -0.2) is 37.2 Å². The zero-order valence-corrected chi connectivity index (χ0v) is 15.4. The molecule has 1 aliphatic rings. The first-order valence-electron chi connectivity index (χ1n) is 8.93. The van der Waals surface area contributed by atoms with Crippen molar-refractivity contribution in [3.8, 4) is 0 Å². The van der Waals surface area contributed by atoms with Gasteiger partial charge in [-0.1, -0.05) is 36.4 Å². The van der Waals surface area contributed by atoms with Crippen LogP contribution in [-0.2, 0) is 9.47 Å². The summed E-state index contributed by atoms with van der Waals surface area (Å²) in [6.07, 6.45) is 3.25. The number of carbonyl (C=O) groups is 2. The molecule has 2 aromatic carbocycles. The quantitative estimate of drug-likeness (QED) is 0.614. The summed E-state index contributed by atoms with van der Waals surface area (Å²) in [5.74, 6) is -0.913. The number of para-hydroxylation sites is 2. The van der Waals surface area contributed by atoms with Crippen molar-refractivity contribution in [3.05, 3.63) is 85.0 Å². The molecule has 0 amide bonds. The molecule has 0 aliphatic carbocycles. The van der Waals surface area contributed by atoms with Crippen LogP contribution in [0.1, 0.15) is 20.7 Å². The Morgan fingerprint density at radius 2 is 1.14 bits per heavy atom. The summed E-state index contributed by atoms with van der Waals surface area (Å²) in [7, 11) is 0. The number of rotatable bonds is 2. The number of fused-ring (bicyclic) bond motifs is 2. The zero-order chi connectivity index (χ0) is 19.9. The summed E-state index contributed by atoms with van der Waals surface area (Å²) in [5.41, 5.74) is 1.94. The Balaban J connectivity index is 1.95. The lowest BCUT2D eigenvalue weighted by Gasteiger charge is -2.22. The van der Waals surface area contributed by atoms with E-state index in [1.54, 1.807) is 60.7 Å². The van der Waals surface area contributed by atoms with Crippen molar-refractivity contribution in [1.82, 2.24) is 0 Å². The van der Waals surface area contributed by atoms with E-state index in [1.807, 2.05) is 0 Å². The molecule has 144 valence electrons. The molecule has 2 N–H and O–H groups in total. The van der Waals surface area contributed by atoms with Gasteiger partial charge in [-0.25, -0.2) is 9.59 Å². The summed E-state index contributed by atoms with van der Waals surface area (Å²) < 4.78 is 10.9. The summed E-state index contributed by atoms with van der Waals surface area (Å²) in [5, 5.41) is 6.34. The van der Waals surface area contributed by atoms with E-state index in [1.165, 1.54) is 0 Å². The minimum Gasteiger partial charge on any atom is -0.460 e. The highest BCUT2D eigenvalue weighted by Gasteiger charge is 2.20. The molecule has 3 rings (SSSR count). The van der Waals surface area contributed by atoms with Crippen molar-refractivity contribution < 1.29 is 19.1 Å². The van der Waals surface area contributed by atoms with E-state index < -0.39 is 11.9 Å². The lowest BCUT2D eigenvalue weighted by atomic mass is 10.1. The van der Waals surface area contributed by atoms with Crippen molar-refractivity contribution in [2.24, 2.45) is 0 Å². The Bertz CT molecular complexity index is 820. The highest BCUT2D eigenvalue weighted by Crippen LogP contribution is 2.21. The van der Waals surface area contributed by atoms with Crippen LogP contribution in [0, 0.1) is 0 Å². The fourth-order valence-corrected chi connectivity index (χ4v) is 2.80. The maximum Gasteiger partial charge on any atom is 0.340 e. The Hall–Kier alpha value is -3.54. The number of carbonyl (C=O) groups excluding carboxylic acids is 2. The standard InChI is InChI=1S/C22H22N2O4/c1-3-15-13-27-21(25)18-10-6-8-12-20(18)24-16(4-2)14-28-22(26)17-9-5-7-11-19(17)23-15/h3-12,15-16,23-24H,1-2,13-14H2/t15-,16-/m1/s1. The van der Waals surface area contributed by atoms with Gasteiger partial charge >= 0.3 is 11.9 Å². The summed E-state index contributed by atoms with van der Waals surface area (Å²) in [6.45, 7) is 7.67. The Morgan fingerprint density at radius 1 is 0.750 bits per heavy atom. The molecule has 1 heterocycles. The molecule has 0 unspecified atom stereocenters. The van der Waals surface area contributed by atoms with Crippen LogP contribution in [0.15, 0.2) is 73.8 Å². The van der Waals surface area contributed by atoms with Gasteiger partial charge < -0.3 is 20.1 Å². The van der Waals surface area contributed by atoms with E-state index in [2.05, 4.69) is 23.8 Å². The molecular weight excluding hydrogens is 356 g/mol. The van der Waals surface area contributed by atoms with E-state index in [9.17, 15) is 9.59 Å². The summed E-state index contributed by atoms with van der Waals surface area (Å²) in [4.78, 5) is 25.2. The number of cyclic esters (lactones) is 2. The van der Waals surface area contributed by atoms with Crippen LogP contribution in [0.25, 0.3) is 0 Å². The average Bonchev–Trinajstić information content (AvgIpc) is 2.73. The third-order valence-corrected chi connectivity index (χ3v) is 4.33. The molecule has 2 atom stereocenters. The molecular formula is C22H22N2O4. The number of esters is 2. The Kier molecular flexibility index (Phi) is 6.11. The van der Waals surface area contributed by atoms with Crippen molar-refractivity contribution in [3.63, 3.8) is 0 Å². The van der Waals surface area contributed by atoms with Gasteiger partial charge in [0.05, 0.1) is 23.2 Å². The van der Waals surface area contributed by atoms with Crippen molar-refractivity contribution >= 4 is 23.3 Å². The van der Waals surface area contributed by atoms with Crippen LogP contribution >= 0.6 is 0 Å². The first-order valence-corrected chi connectivity index (χ1v) is 8.93. The second kappa shape index (κ2) is 8.90. The van der Waals surface area contributed by atoms with Gasteiger partial charge in [-0.15, -0.1) is 13.2 Å². The highest BCUT2D eigenvalue weighted by atomic mass is 16.5. The lowest BCUT2D eigenvalue weighted by molar-refractivity contribution is 0.0485. The molecule has 0 aromatic heterocycles. The largest absolute Gasteiger partial charge is 0.460 e. The smallest absolute Gasteiger partial charge is 0.340 e. The van der Waals surface area contributed by atoms with Crippen molar-refractivity contribution in [1.29, 1.82) is 0 Å². The molecule has 0 saturated carbocycles. The first kappa shape index (κ1) is 19.2. The molecule has 2 aromatic rings. The third-order valence-electron chi connectivity index (χ3n) is 4.33. The Labute approximate surface area is 163 Å². The van der Waals surface area contributed by atoms with E-state index in [-0.39, 0.29) is 25.3 Å². The molecule has 28 heavy (non-hydrogen) atoms. The van der Waals surface area contributed by atoms with Gasteiger partial charge in [-0.2, -0.15) is 0 Å². The first-order chi connectivity index (χ1) is 13.6. The van der Waals surface area contributed by atoms with E-state index in [4.69, 9.17) is 9.47 Å². The summed E-state index contributed by atoms with van der Waals surface area (Å²) >= 11 is 0. The van der Waals surface area contributed by atoms with Crippen LogP contribution in [0.4, 0.5) is 11.4 Å². The molecule has 0 bridgehead atoms. The summed E-state index contributed by atoms with van der Waals surface area (Å²) in [6, 6.07) is 13.3. The number of nitrogens with one attached hydrogen (secondary N) is 2. The lowest BCUT2D eigenvalue weighted by Crippen LogP contribution is -2.29. The molecule has 6 nitrogen and oxygen atoms in total. The van der Waals surface area contributed by atoms with E-state index in [0.717, 1.165) is 0 Å². The van der Waals surface area contributed by atoms with Crippen molar-refractivity contribution in [2.75, 3.05) is 23.8 Å². The predicted molar refractivity (Wildman–Crippen MR) is 109 cm³/mol. The van der Waals surface area contributed by atoms with Gasteiger partial charge in [0.1, 0.15) is 13.2 Å². The van der Waals surface area contributed by atoms with E-state index in [0.29, 0.717) is 22.5 Å². The molecule has 6 heteroatoms. The van der Waals surface area contributed by atoms with Gasteiger partial charge in [0.25, 0.3) is 0 Å². The number of hydrogen-bond acceptors (Lipinski definition) is 6. The Morgan fingerprint density at radius 3 is 1.54 bits per heavy atom. The third kappa shape index (κ3) is 4.40. The minimum absolute atomic E-state index is 0.0605. The topological polar surface area (TPSA) is 76.7 Å². The fourth-order valence-electron chi connectivity index (χ4n) is 2.80. The molecule has 0 spiro atoms. The van der Waals surface area contributed by atoms with Crippen molar-refractivity contribution in [2.45, 2.75) is 12.1 Å². The van der Waals surface area contributed by atoms with Gasteiger partial charge in [-0.3, -0.25) is 0 Å². The van der Waals surface area contributed by atoms with Crippen LogP contribution in [0.5, 0.6) is 0 Å². The number of anilines is 2. The molecule has 0 radical (unpaired) electrons. The fraction of sp³-hybridized carbons (Fsp3) is 0.182. The van der Waals surface area contributed by atoms with Gasteiger partial charge in [0.2, 0.25) is 0 Å². The second-order valence-electron chi connectivity index (χ2n) is 6.26. The zero-order valence-electron chi connectivity index (χ0n) is 15.4. The number of hydrogen-bond donors (Lipinski definition) is 2. The van der Waals surface area contributed by atoms with E-state index >= 15 is 0 Å². The average molecular weight is 378 g/mol. The maximum absolute atomic E-state index is 12.6. The number of ether oxygens (including phenoxy) is 2. The highest BCUT2D eigenvalue weighted by molar-refractivity contribution is 5.96. The van der Waals surface area contributed by atoms with Gasteiger partial charge in [0.15, 0.2) is 0 Å². The SMILES string of the molecule is C=C[C@@H]1COC(=O)c2ccccc2N[C@H](C=C)COC(=O)c2ccccc2N1. The monoisotopic (exact) mass is 378 g/mol. The van der Waals surface area contributed by atoms with Gasteiger partial charge in [0, 0.05) is 11.4 Å². The minimum atomic E-state index is -0.457. The molecule has 1 aliphatic heterocycles. The normalized spacial score (nSPS) is 20.0. The van der Waals surface area contributed by atoms with Crippen LogP contribution < -0.4 is 10.6 Å². The van der Waals surface area contributed by atoms with Crippen LogP contribution in [0.2, 0.25) is 0 Å². The predicted octanol–water partition coefficient (Wildman–Crippen LogP) is 3.65. The molecule has 0 fully saturated rings. The molecule has 0 saturated heterocycles.